The normalized spacial score (nSPS) is 12.1. The van der Waals surface area contributed by atoms with Gasteiger partial charge >= 0.3 is 0 Å². The summed E-state index contributed by atoms with van der Waals surface area (Å²) >= 11 is 0. The van der Waals surface area contributed by atoms with E-state index in [0.717, 1.165) is 116 Å². The number of hydrogen-bond donors (Lipinski definition) is 1. The second kappa shape index (κ2) is 19.7. The van der Waals surface area contributed by atoms with Crippen LogP contribution >= 0.6 is 0 Å². The fraction of sp³-hybridized carbons (Fsp3) is 0.128. The molecule has 0 saturated heterocycles. The van der Waals surface area contributed by atoms with Gasteiger partial charge in [-0.1, -0.05) is 224 Å². The molecule has 0 aliphatic carbocycles. The Morgan fingerprint density at radius 3 is 1.61 bits per heavy atom. The molecule has 83 heavy (non-hydrogen) atoms. The van der Waals surface area contributed by atoms with Crippen LogP contribution in [0, 0.1) is 13.8 Å². The Morgan fingerprint density at radius 1 is 0.398 bits per heavy atom. The zero-order chi connectivity index (χ0) is 56.9. The van der Waals surface area contributed by atoms with Crippen LogP contribution in [-0.2, 0) is 10.8 Å². The van der Waals surface area contributed by atoms with Crippen molar-refractivity contribution in [2.45, 2.75) is 66.2 Å². The van der Waals surface area contributed by atoms with E-state index >= 15 is 0 Å². The lowest BCUT2D eigenvalue weighted by Crippen LogP contribution is -2.11. The summed E-state index contributed by atoms with van der Waals surface area (Å²) in [7, 11) is 0. The topological polar surface area (TPSA) is 64.1 Å². The Hall–Kier alpha value is -9.84. The van der Waals surface area contributed by atoms with Gasteiger partial charge in [0.15, 0.2) is 5.82 Å². The van der Waals surface area contributed by atoms with E-state index in [1.165, 1.54) is 22.3 Å². The largest absolute Gasteiger partial charge is 0.507 e. The Bertz CT molecular complexity index is 4760. The van der Waals surface area contributed by atoms with Gasteiger partial charge in [0.25, 0.3) is 0 Å². The van der Waals surface area contributed by atoms with Crippen LogP contribution in [0.3, 0.4) is 0 Å². The van der Waals surface area contributed by atoms with E-state index in [-0.39, 0.29) is 16.6 Å². The number of aromatic nitrogens is 3. The molecule has 5 heteroatoms. The van der Waals surface area contributed by atoms with Crippen LogP contribution in [0.4, 0.5) is 0 Å². The lowest BCUT2D eigenvalue weighted by molar-refractivity contribution is 0.482. The predicted molar refractivity (Wildman–Crippen MR) is 348 cm³/mol. The fourth-order valence-corrected chi connectivity index (χ4v) is 12.5. The van der Waals surface area contributed by atoms with Crippen molar-refractivity contribution in [3.8, 4) is 89.7 Å². The molecule has 0 saturated carbocycles. The molecule has 0 atom stereocenters. The molecule has 14 aromatic rings. The molecule has 14 rings (SSSR count). The van der Waals surface area contributed by atoms with Gasteiger partial charge in [-0.2, -0.15) is 0 Å². The summed E-state index contributed by atoms with van der Waals surface area (Å²) in [6.45, 7) is 18.2. The van der Waals surface area contributed by atoms with Crippen molar-refractivity contribution in [1.82, 2.24) is 14.5 Å². The van der Waals surface area contributed by atoms with E-state index in [4.69, 9.17) is 14.4 Å². The molecule has 0 radical (unpaired) electrons. The maximum absolute atomic E-state index is 11.5. The van der Waals surface area contributed by atoms with Crippen molar-refractivity contribution in [2.24, 2.45) is 0 Å². The van der Waals surface area contributed by atoms with Crippen molar-refractivity contribution in [1.29, 1.82) is 0 Å². The molecule has 1 N–H and O–H groups in total. The Balaban J connectivity index is 1.15. The minimum atomic E-state index is -0.159. The number of aromatic hydroxyl groups is 1. The number of aryl methyl sites for hydroxylation is 2. The molecule has 5 nitrogen and oxygen atoms in total. The molecule has 0 aliphatic heterocycles. The zero-order valence-electron chi connectivity index (χ0n) is 48.1. The Labute approximate surface area is 484 Å². The SMILES string of the molecule is Cc1cccc(C)c1-n1c(-c2ccc3ccc4cccc(O)c4c3n2)nc2c(-c3ccc4c(c3)oc3ccccc34)c(-c3c(-c4cc(-c5ccccc5)cc(C(C)(C)C)c4)cccc3-c3cc(-c4ccccc4)cc(C(C)(C)C)c3)ccc21. The van der Waals surface area contributed by atoms with Crippen LogP contribution < -0.4 is 0 Å². The van der Waals surface area contributed by atoms with Crippen molar-refractivity contribution < 1.29 is 9.52 Å². The summed E-state index contributed by atoms with van der Waals surface area (Å²) in [6.07, 6.45) is 0. The van der Waals surface area contributed by atoms with Gasteiger partial charge in [0.05, 0.1) is 22.2 Å². The van der Waals surface area contributed by atoms with Gasteiger partial charge in [-0.15, -0.1) is 0 Å². The molecular weight excluding hydrogens is 1010 g/mol. The summed E-state index contributed by atoms with van der Waals surface area (Å²) in [5, 5.41) is 16.2. The second-order valence-corrected chi connectivity index (χ2v) is 24.4. The molecular formula is C78H63N3O2. The highest BCUT2D eigenvalue weighted by molar-refractivity contribution is 6.12. The summed E-state index contributed by atoms with van der Waals surface area (Å²) in [5.74, 6) is 0.885. The first-order valence-corrected chi connectivity index (χ1v) is 28.8. The Kier molecular flexibility index (Phi) is 12.2. The van der Waals surface area contributed by atoms with Crippen molar-refractivity contribution in [3.63, 3.8) is 0 Å². The monoisotopic (exact) mass is 1070 g/mol. The summed E-state index contributed by atoms with van der Waals surface area (Å²) < 4.78 is 9.10. The van der Waals surface area contributed by atoms with Gasteiger partial charge in [0.1, 0.15) is 22.6 Å². The quantitative estimate of drug-likeness (QED) is 0.154. The number of nitrogens with zero attached hydrogens (tertiary/aromatic N) is 3. The molecule has 0 amide bonds. The number of para-hydroxylation sites is 2. The van der Waals surface area contributed by atoms with Gasteiger partial charge < -0.3 is 9.52 Å². The number of imidazole rings is 1. The number of benzene rings is 11. The van der Waals surface area contributed by atoms with Crippen LogP contribution in [0.25, 0.3) is 139 Å². The lowest BCUT2D eigenvalue weighted by Gasteiger charge is -2.25. The maximum Gasteiger partial charge on any atom is 0.164 e. The molecule has 0 bridgehead atoms. The van der Waals surface area contributed by atoms with E-state index in [9.17, 15) is 5.11 Å². The molecule has 0 unspecified atom stereocenters. The van der Waals surface area contributed by atoms with Crippen LogP contribution in [0.15, 0.2) is 235 Å². The zero-order valence-corrected chi connectivity index (χ0v) is 48.1. The van der Waals surface area contributed by atoms with Crippen LogP contribution in [0.5, 0.6) is 5.75 Å². The highest BCUT2D eigenvalue weighted by atomic mass is 16.3. The minimum Gasteiger partial charge on any atom is -0.507 e. The molecule has 3 heterocycles. The van der Waals surface area contributed by atoms with Crippen LogP contribution in [0.1, 0.15) is 63.8 Å². The second-order valence-electron chi connectivity index (χ2n) is 24.4. The average molecular weight is 1070 g/mol. The minimum absolute atomic E-state index is 0.159. The molecule has 0 spiro atoms. The number of furan rings is 1. The smallest absolute Gasteiger partial charge is 0.164 e. The summed E-state index contributed by atoms with van der Waals surface area (Å²) in [6, 6.07) is 82.8. The van der Waals surface area contributed by atoms with E-state index in [1.54, 1.807) is 6.07 Å². The Morgan fingerprint density at radius 2 is 0.964 bits per heavy atom. The first kappa shape index (κ1) is 51.3. The maximum atomic E-state index is 11.5. The standard InChI is InChI=1S/C78H63N3O2/c1-47-20-17-21-48(2)75(47)81-66-39-37-64(70(53-34-36-63-62-27-15-16-31-68(62)83-69(63)46-53)74(66)80-76(81)65-38-35-52-33-32-51-26-18-30-67(82)71(51)73(52)79-65)72-60(56-40-54(49-22-11-9-12-23-49)42-58(44-56)77(3,4)5)28-19-29-61(72)57-41-55(50-24-13-10-14-25-50)43-59(45-57)78(6,7)8/h9-46,82H,1-8H3. The number of hydrogen-bond acceptors (Lipinski definition) is 4. The highest BCUT2D eigenvalue weighted by Gasteiger charge is 2.28. The molecule has 3 aromatic heterocycles. The number of rotatable bonds is 8. The van der Waals surface area contributed by atoms with Gasteiger partial charge in [0, 0.05) is 27.1 Å². The van der Waals surface area contributed by atoms with Gasteiger partial charge in [-0.25, -0.2) is 9.97 Å². The molecule has 0 fully saturated rings. The third kappa shape index (κ3) is 8.96. The first-order chi connectivity index (χ1) is 40.1. The van der Waals surface area contributed by atoms with Crippen molar-refractivity contribution in [2.75, 3.05) is 0 Å². The van der Waals surface area contributed by atoms with E-state index in [0.29, 0.717) is 22.4 Å². The highest BCUT2D eigenvalue weighted by Crippen LogP contribution is 2.50. The van der Waals surface area contributed by atoms with E-state index < -0.39 is 0 Å². The summed E-state index contributed by atoms with van der Waals surface area (Å²) in [4.78, 5) is 11.4. The third-order valence-corrected chi connectivity index (χ3v) is 16.8. The summed E-state index contributed by atoms with van der Waals surface area (Å²) in [5.41, 5.74) is 23.4. The lowest BCUT2D eigenvalue weighted by atomic mass is 9.79. The molecule has 0 aliphatic rings. The van der Waals surface area contributed by atoms with Gasteiger partial charge in [-0.3, -0.25) is 4.57 Å². The van der Waals surface area contributed by atoms with Crippen LogP contribution in [-0.4, -0.2) is 19.6 Å². The number of phenols is 1. The van der Waals surface area contributed by atoms with Crippen molar-refractivity contribution in [3.05, 3.63) is 253 Å². The number of phenolic OH excluding ortho intramolecular Hbond substituents is 1. The molecule has 11 aromatic carbocycles. The fourth-order valence-electron chi connectivity index (χ4n) is 12.5. The van der Waals surface area contributed by atoms with E-state index in [1.807, 2.05) is 30.3 Å². The third-order valence-electron chi connectivity index (χ3n) is 16.8. The molecule has 402 valence electrons. The van der Waals surface area contributed by atoms with Gasteiger partial charge in [0.2, 0.25) is 0 Å². The number of fused-ring (bicyclic) bond motifs is 7. The van der Waals surface area contributed by atoms with Crippen molar-refractivity contribution >= 4 is 54.6 Å². The average Bonchev–Trinajstić information content (AvgIpc) is 3.57. The van der Waals surface area contributed by atoms with E-state index in [2.05, 4.69) is 254 Å². The van der Waals surface area contributed by atoms with Crippen LogP contribution in [0.2, 0.25) is 0 Å². The van der Waals surface area contributed by atoms with Gasteiger partial charge in [-0.05, 0) is 162 Å². The first-order valence-electron chi connectivity index (χ1n) is 28.8. The number of pyridine rings is 1. The predicted octanol–water partition coefficient (Wildman–Crippen LogP) is 21.2.